The predicted octanol–water partition coefficient (Wildman–Crippen LogP) is 3.53. The molecule has 0 unspecified atom stereocenters. The number of aliphatic imine (C=N–C) groups is 1. The van der Waals surface area contributed by atoms with Crippen molar-refractivity contribution >= 4 is 5.84 Å². The van der Waals surface area contributed by atoms with Gasteiger partial charge in [-0.15, -0.1) is 0 Å². The van der Waals surface area contributed by atoms with Crippen molar-refractivity contribution < 1.29 is 32.6 Å². The van der Waals surface area contributed by atoms with Crippen molar-refractivity contribution in [2.24, 2.45) is 4.99 Å². The van der Waals surface area contributed by atoms with Crippen molar-refractivity contribution in [3.8, 4) is 0 Å². The van der Waals surface area contributed by atoms with E-state index >= 15 is 0 Å². The molecule has 0 aliphatic rings. The van der Waals surface area contributed by atoms with Crippen molar-refractivity contribution in [2.45, 2.75) is 45.8 Å². The van der Waals surface area contributed by atoms with Crippen molar-refractivity contribution in [2.75, 3.05) is 6.54 Å². The molecule has 0 fully saturated rings. The Balaban J connectivity index is 0. The zero-order valence-electron chi connectivity index (χ0n) is 9.43. The third-order valence-electron chi connectivity index (χ3n) is 1.32. The van der Waals surface area contributed by atoms with E-state index in [1.807, 2.05) is 20.8 Å². The number of alkyl halides is 3. The molecule has 0 rings (SSSR count). The van der Waals surface area contributed by atoms with Gasteiger partial charge in [-0.3, -0.25) is 0 Å². The normalized spacial score (nSPS) is 12.6. The minimum Gasteiger partial charge on any atom is -0.466 e. The molecule has 0 aromatic heterocycles. The van der Waals surface area contributed by atoms with E-state index in [4.69, 9.17) is 0 Å². The first-order valence-corrected chi connectivity index (χ1v) is 4.66. The second-order valence-electron chi connectivity index (χ2n) is 3.32. The number of hydrogen-bond donors (Lipinski definition) is 0. The fourth-order valence-electron chi connectivity index (χ4n) is 0.887. The van der Waals surface area contributed by atoms with Gasteiger partial charge < -0.3 is 10.3 Å². The fraction of sp³-hybridized carbons (Fsp3) is 0.889. The van der Waals surface area contributed by atoms with Gasteiger partial charge in [0.25, 0.3) is 0 Å². The topological polar surface area (TPSA) is 26.5 Å². The van der Waals surface area contributed by atoms with Gasteiger partial charge in [0.15, 0.2) is 0 Å². The van der Waals surface area contributed by atoms with Gasteiger partial charge in [-0.05, 0) is 12.5 Å². The molecule has 6 heteroatoms. The Morgan fingerprint density at radius 1 is 1.33 bits per heavy atom. The average Bonchev–Trinajstić information content (AvgIpc) is 1.98. The molecule has 0 amide bonds. The summed E-state index contributed by atoms with van der Waals surface area (Å²) in [5.74, 6) is 0.319. The molecule has 0 saturated heterocycles. The molecular weight excluding hydrogens is 258 g/mol. The van der Waals surface area contributed by atoms with Crippen molar-refractivity contribution in [3.63, 3.8) is 0 Å². The van der Waals surface area contributed by atoms with Gasteiger partial charge in [0, 0.05) is 26.0 Å². The summed E-state index contributed by atoms with van der Waals surface area (Å²) >= 11 is 0. The van der Waals surface area contributed by atoms with Crippen molar-refractivity contribution in [3.05, 3.63) is 5.32 Å². The zero-order valence-corrected chi connectivity index (χ0v) is 12.4. The number of hydrogen-bond acceptors (Lipinski definition) is 1. The molecule has 0 bridgehead atoms. The van der Waals surface area contributed by atoms with E-state index in [0.29, 0.717) is 12.3 Å². The SMILES string of the molecule is CCCC(=NC(C)C)[N-]CC(F)(F)F.[Zn]. The van der Waals surface area contributed by atoms with E-state index in [1.54, 1.807) is 0 Å². The Bertz CT molecular complexity index is 190. The molecule has 0 aromatic rings. The second-order valence-corrected chi connectivity index (χ2v) is 3.32. The molecule has 0 atom stereocenters. The van der Waals surface area contributed by atoms with Crippen LogP contribution in [0.5, 0.6) is 0 Å². The minimum atomic E-state index is -4.23. The van der Waals surface area contributed by atoms with E-state index in [-0.39, 0.29) is 25.5 Å². The van der Waals surface area contributed by atoms with Gasteiger partial charge in [0.1, 0.15) is 0 Å². The van der Waals surface area contributed by atoms with Crippen LogP contribution < -0.4 is 0 Å². The van der Waals surface area contributed by atoms with Gasteiger partial charge in [0.2, 0.25) is 0 Å². The smallest absolute Gasteiger partial charge is 0.388 e. The third kappa shape index (κ3) is 11.8. The van der Waals surface area contributed by atoms with Crippen LogP contribution in [0.2, 0.25) is 0 Å². The van der Waals surface area contributed by atoms with Crippen LogP contribution in [-0.2, 0) is 19.5 Å². The van der Waals surface area contributed by atoms with Crippen molar-refractivity contribution in [1.82, 2.24) is 0 Å². The Morgan fingerprint density at radius 3 is 2.20 bits per heavy atom. The molecule has 0 saturated carbocycles. The fourth-order valence-corrected chi connectivity index (χ4v) is 0.887. The van der Waals surface area contributed by atoms with Gasteiger partial charge in [-0.1, -0.05) is 33.0 Å². The van der Waals surface area contributed by atoms with E-state index < -0.39 is 12.7 Å². The van der Waals surface area contributed by atoms with E-state index in [9.17, 15) is 13.2 Å². The van der Waals surface area contributed by atoms with Gasteiger partial charge in [-0.2, -0.15) is 13.2 Å². The molecule has 0 heterocycles. The van der Waals surface area contributed by atoms with Crippen LogP contribution in [0.1, 0.15) is 33.6 Å². The number of rotatable bonds is 4. The monoisotopic (exact) mass is 273 g/mol. The molecule has 86 valence electrons. The first kappa shape index (κ1) is 17.3. The van der Waals surface area contributed by atoms with Crippen LogP contribution in [0.25, 0.3) is 5.32 Å². The standard InChI is InChI=1S/C9H16F3N2.Zn/c1-4-5-8(14-7(2)3)13-6-9(10,11)12;/h7H,4-6H2,1-3H3;/q-1;. The second kappa shape index (κ2) is 8.08. The molecule has 0 spiro atoms. The summed E-state index contributed by atoms with van der Waals surface area (Å²) < 4.78 is 35.5. The summed E-state index contributed by atoms with van der Waals surface area (Å²) in [5, 5.41) is 3.45. The maximum absolute atomic E-state index is 11.8. The predicted molar refractivity (Wildman–Crippen MR) is 51.8 cm³/mol. The molecular formula is C9H16F3N2Zn-. The van der Waals surface area contributed by atoms with E-state index in [2.05, 4.69) is 10.3 Å². The minimum absolute atomic E-state index is 0. The molecule has 0 N–H and O–H groups in total. The largest absolute Gasteiger partial charge is 0.466 e. The first-order chi connectivity index (χ1) is 6.35. The Kier molecular flexibility index (Phi) is 9.31. The summed E-state index contributed by atoms with van der Waals surface area (Å²) in [6, 6.07) is -0.00599. The Hall–Kier alpha value is -0.117. The molecule has 0 aliphatic carbocycles. The average molecular weight is 275 g/mol. The summed E-state index contributed by atoms with van der Waals surface area (Å²) in [4.78, 5) is 4.02. The van der Waals surface area contributed by atoms with Crippen LogP contribution in [-0.4, -0.2) is 24.6 Å². The first-order valence-electron chi connectivity index (χ1n) is 4.66. The maximum Gasteiger partial charge on any atom is 0.388 e. The van der Waals surface area contributed by atoms with E-state index in [0.717, 1.165) is 6.42 Å². The van der Waals surface area contributed by atoms with Gasteiger partial charge in [0.05, 0.1) is 0 Å². The quantitative estimate of drug-likeness (QED) is 0.426. The summed E-state index contributed by atoms with van der Waals surface area (Å²) in [5.41, 5.74) is 0. The summed E-state index contributed by atoms with van der Waals surface area (Å²) in [6.45, 7) is 4.40. The molecule has 0 radical (unpaired) electrons. The number of amidine groups is 1. The zero-order chi connectivity index (χ0) is 11.2. The molecule has 2 nitrogen and oxygen atoms in total. The van der Waals surface area contributed by atoms with Crippen LogP contribution in [0.15, 0.2) is 4.99 Å². The Morgan fingerprint density at radius 2 is 1.87 bits per heavy atom. The van der Waals surface area contributed by atoms with Crippen LogP contribution in [0.3, 0.4) is 0 Å². The van der Waals surface area contributed by atoms with Crippen LogP contribution in [0.4, 0.5) is 13.2 Å². The van der Waals surface area contributed by atoms with E-state index in [1.165, 1.54) is 0 Å². The molecule has 0 aliphatic heterocycles. The third-order valence-corrected chi connectivity index (χ3v) is 1.32. The van der Waals surface area contributed by atoms with Gasteiger partial charge in [-0.25, -0.2) is 0 Å². The summed E-state index contributed by atoms with van der Waals surface area (Å²) in [6.07, 6.45) is -2.97. The molecule has 0 aromatic carbocycles. The Labute approximate surface area is 101 Å². The van der Waals surface area contributed by atoms with Gasteiger partial charge >= 0.3 is 6.18 Å². The number of halogens is 3. The van der Waals surface area contributed by atoms with Crippen molar-refractivity contribution in [1.29, 1.82) is 0 Å². The molecule has 15 heavy (non-hydrogen) atoms. The van der Waals surface area contributed by atoms with Crippen LogP contribution >= 0.6 is 0 Å². The number of nitrogens with zero attached hydrogens (tertiary/aromatic N) is 2. The van der Waals surface area contributed by atoms with Crippen LogP contribution in [0, 0.1) is 0 Å². The summed E-state index contributed by atoms with van der Waals surface area (Å²) in [7, 11) is 0. The maximum atomic E-state index is 11.8.